The average Bonchev–Trinajstić information content (AvgIpc) is 2.82. The Balaban J connectivity index is 2.16. The van der Waals surface area contributed by atoms with Gasteiger partial charge in [-0.05, 0) is 17.7 Å². The van der Waals surface area contributed by atoms with Gasteiger partial charge in [0.15, 0.2) is 11.5 Å². The molecular weight excluding hydrogens is 290 g/mol. The molecule has 1 heterocycles. The Hall–Kier alpha value is -2.57. The number of methoxy groups -OCH3 is 3. The van der Waals surface area contributed by atoms with E-state index < -0.39 is 23.6 Å². The van der Waals surface area contributed by atoms with Gasteiger partial charge in [-0.15, -0.1) is 0 Å². The Morgan fingerprint density at radius 1 is 1.18 bits per heavy atom. The van der Waals surface area contributed by atoms with Crippen LogP contribution in [0.5, 0.6) is 11.5 Å². The lowest BCUT2D eigenvalue weighted by molar-refractivity contribution is -0.150. The summed E-state index contributed by atoms with van der Waals surface area (Å²) in [4.78, 5) is 36.5. The molecule has 1 unspecified atom stereocenters. The summed E-state index contributed by atoms with van der Waals surface area (Å²) in [7, 11) is 4.23. The predicted octanol–water partition coefficient (Wildman–Crippen LogP) is 0.404. The summed E-state index contributed by atoms with van der Waals surface area (Å²) >= 11 is 0. The van der Waals surface area contributed by atoms with E-state index in [0.29, 0.717) is 11.5 Å². The zero-order valence-corrected chi connectivity index (χ0v) is 12.6. The zero-order chi connectivity index (χ0) is 16.3. The summed E-state index contributed by atoms with van der Waals surface area (Å²) in [5, 5.41) is 0. The highest BCUT2D eigenvalue weighted by molar-refractivity contribution is 6.42. The summed E-state index contributed by atoms with van der Waals surface area (Å²) in [6.07, 6.45) is 0. The first-order valence-corrected chi connectivity index (χ1v) is 6.63. The van der Waals surface area contributed by atoms with E-state index in [1.165, 1.54) is 26.2 Å². The molecule has 1 aliphatic heterocycles. The molecule has 1 atom stereocenters. The van der Waals surface area contributed by atoms with Gasteiger partial charge in [0.2, 0.25) is 5.78 Å². The van der Waals surface area contributed by atoms with Gasteiger partial charge in [0.1, 0.15) is 5.92 Å². The fraction of sp³-hybridized carbons (Fsp3) is 0.400. The quantitative estimate of drug-likeness (QED) is 0.445. The lowest BCUT2D eigenvalue weighted by Crippen LogP contribution is -2.26. The average molecular weight is 307 g/mol. The van der Waals surface area contributed by atoms with Crippen LogP contribution in [0, 0.1) is 5.92 Å². The number of ether oxygens (including phenoxy) is 3. The van der Waals surface area contributed by atoms with Crippen LogP contribution >= 0.6 is 0 Å². The Labute approximate surface area is 127 Å². The highest BCUT2D eigenvalue weighted by Gasteiger charge is 2.43. The van der Waals surface area contributed by atoms with Gasteiger partial charge in [-0.1, -0.05) is 6.07 Å². The number of Topliss-reactive ketones (excluding diaryl/α,β-unsaturated/α-hetero) is 1. The van der Waals surface area contributed by atoms with Gasteiger partial charge in [0.25, 0.3) is 5.91 Å². The Bertz CT molecular complexity index is 612. The van der Waals surface area contributed by atoms with E-state index in [0.717, 1.165) is 5.56 Å². The van der Waals surface area contributed by atoms with Gasteiger partial charge in [-0.2, -0.15) is 0 Å². The van der Waals surface area contributed by atoms with Crippen LogP contribution in [0.3, 0.4) is 0 Å². The molecule has 1 aromatic carbocycles. The van der Waals surface area contributed by atoms with E-state index in [9.17, 15) is 14.4 Å². The molecule has 1 amide bonds. The van der Waals surface area contributed by atoms with Crippen LogP contribution in [0.4, 0.5) is 0 Å². The minimum atomic E-state index is -1.04. The first kappa shape index (κ1) is 15.8. The minimum absolute atomic E-state index is 0.0265. The molecule has 1 fully saturated rings. The molecule has 0 aliphatic carbocycles. The van der Waals surface area contributed by atoms with Crippen molar-refractivity contribution in [2.75, 3.05) is 27.9 Å². The summed E-state index contributed by atoms with van der Waals surface area (Å²) < 4.78 is 14.9. The number of carbonyl (C=O) groups excluding carboxylic acids is 3. The second-order valence-corrected chi connectivity index (χ2v) is 4.82. The Morgan fingerprint density at radius 2 is 1.86 bits per heavy atom. The van der Waals surface area contributed by atoms with Crippen LogP contribution in [0.15, 0.2) is 18.2 Å². The van der Waals surface area contributed by atoms with Crippen molar-refractivity contribution in [1.29, 1.82) is 0 Å². The van der Waals surface area contributed by atoms with Crippen molar-refractivity contribution in [3.8, 4) is 11.5 Å². The fourth-order valence-corrected chi connectivity index (χ4v) is 2.35. The standard InChI is InChI=1S/C15H17NO6/c1-20-11-5-4-9(6-12(11)21-2)7-16-8-10(15(19)22-3)13(17)14(16)18/h4-6,10H,7-8H2,1-3H3. The highest BCUT2D eigenvalue weighted by Crippen LogP contribution is 2.28. The molecule has 2 rings (SSSR count). The van der Waals surface area contributed by atoms with Crippen molar-refractivity contribution in [3.05, 3.63) is 23.8 Å². The molecule has 1 saturated heterocycles. The topological polar surface area (TPSA) is 82.1 Å². The van der Waals surface area contributed by atoms with Crippen molar-refractivity contribution in [2.24, 2.45) is 5.92 Å². The number of rotatable bonds is 5. The van der Waals surface area contributed by atoms with Crippen molar-refractivity contribution in [1.82, 2.24) is 4.90 Å². The van der Waals surface area contributed by atoms with Crippen LogP contribution < -0.4 is 9.47 Å². The van der Waals surface area contributed by atoms with Crippen molar-refractivity contribution >= 4 is 17.7 Å². The zero-order valence-electron chi connectivity index (χ0n) is 12.6. The van der Waals surface area contributed by atoms with Crippen LogP contribution in [0.25, 0.3) is 0 Å². The molecule has 0 N–H and O–H groups in total. The third-order valence-electron chi connectivity index (χ3n) is 3.52. The number of hydrogen-bond acceptors (Lipinski definition) is 6. The second-order valence-electron chi connectivity index (χ2n) is 4.82. The second kappa shape index (κ2) is 6.46. The molecule has 1 aromatic rings. The first-order valence-electron chi connectivity index (χ1n) is 6.63. The largest absolute Gasteiger partial charge is 0.493 e. The van der Waals surface area contributed by atoms with E-state index >= 15 is 0 Å². The van der Waals surface area contributed by atoms with Crippen LogP contribution in [0.2, 0.25) is 0 Å². The van der Waals surface area contributed by atoms with Crippen molar-refractivity contribution in [2.45, 2.75) is 6.54 Å². The summed E-state index contributed by atoms with van der Waals surface area (Å²) in [5.41, 5.74) is 0.768. The minimum Gasteiger partial charge on any atom is -0.493 e. The smallest absolute Gasteiger partial charge is 0.318 e. The normalized spacial score (nSPS) is 17.6. The molecule has 1 aliphatic rings. The molecule has 0 saturated carbocycles. The lowest BCUT2D eigenvalue weighted by Gasteiger charge is -2.16. The number of benzene rings is 1. The number of esters is 1. The molecular formula is C15H17NO6. The monoisotopic (exact) mass is 307 g/mol. The number of nitrogens with zero attached hydrogens (tertiary/aromatic N) is 1. The van der Waals surface area contributed by atoms with Gasteiger partial charge in [0, 0.05) is 13.1 Å². The maximum Gasteiger partial charge on any atom is 0.318 e. The van der Waals surface area contributed by atoms with Crippen molar-refractivity contribution < 1.29 is 28.6 Å². The molecule has 0 radical (unpaired) electrons. The van der Waals surface area contributed by atoms with Gasteiger partial charge in [-0.25, -0.2) is 0 Å². The van der Waals surface area contributed by atoms with E-state index in [1.54, 1.807) is 18.2 Å². The molecule has 7 heteroatoms. The number of carbonyl (C=O) groups is 3. The van der Waals surface area contributed by atoms with Crippen LogP contribution in [-0.2, 0) is 25.7 Å². The third-order valence-corrected chi connectivity index (χ3v) is 3.52. The number of ketones is 1. The number of hydrogen-bond donors (Lipinski definition) is 0. The molecule has 0 spiro atoms. The molecule has 22 heavy (non-hydrogen) atoms. The molecule has 7 nitrogen and oxygen atoms in total. The van der Waals surface area contributed by atoms with E-state index in [4.69, 9.17) is 9.47 Å². The maximum atomic E-state index is 11.9. The van der Waals surface area contributed by atoms with E-state index in [1.807, 2.05) is 0 Å². The van der Waals surface area contributed by atoms with Gasteiger partial charge in [-0.3, -0.25) is 14.4 Å². The van der Waals surface area contributed by atoms with Crippen molar-refractivity contribution in [3.63, 3.8) is 0 Å². The van der Waals surface area contributed by atoms with Gasteiger partial charge < -0.3 is 19.1 Å². The van der Waals surface area contributed by atoms with Crippen LogP contribution in [0.1, 0.15) is 5.56 Å². The summed E-state index contributed by atoms with van der Waals surface area (Å²) in [6.45, 7) is 0.233. The fourth-order valence-electron chi connectivity index (χ4n) is 2.35. The van der Waals surface area contributed by atoms with Gasteiger partial charge >= 0.3 is 5.97 Å². The molecule has 0 bridgehead atoms. The summed E-state index contributed by atoms with van der Waals surface area (Å²) in [6, 6.07) is 5.21. The first-order chi connectivity index (χ1) is 10.5. The lowest BCUT2D eigenvalue weighted by atomic mass is 10.1. The van der Waals surface area contributed by atoms with E-state index in [-0.39, 0.29) is 13.1 Å². The Morgan fingerprint density at radius 3 is 2.45 bits per heavy atom. The third kappa shape index (κ3) is 2.88. The maximum absolute atomic E-state index is 11.9. The molecule has 118 valence electrons. The van der Waals surface area contributed by atoms with Crippen LogP contribution in [-0.4, -0.2) is 50.4 Å². The number of amides is 1. The SMILES string of the molecule is COC(=O)C1CN(Cc2ccc(OC)c(OC)c2)C(=O)C1=O. The predicted molar refractivity (Wildman–Crippen MR) is 75.5 cm³/mol. The molecule has 0 aromatic heterocycles. The van der Waals surface area contributed by atoms with Gasteiger partial charge in [0.05, 0.1) is 21.3 Å². The number of likely N-dealkylation sites (tertiary alicyclic amines) is 1. The Kier molecular flexibility index (Phi) is 4.65. The van der Waals surface area contributed by atoms with E-state index in [2.05, 4.69) is 4.74 Å². The summed E-state index contributed by atoms with van der Waals surface area (Å²) in [5.74, 6) is -2.03. The highest BCUT2D eigenvalue weighted by atomic mass is 16.5.